The van der Waals surface area contributed by atoms with Crippen LogP contribution >= 0.6 is 0 Å². The molecule has 0 amide bonds. The van der Waals surface area contributed by atoms with Crippen molar-refractivity contribution in [3.63, 3.8) is 0 Å². The molecule has 1 aromatic rings. The van der Waals surface area contributed by atoms with Crippen molar-refractivity contribution in [1.29, 1.82) is 0 Å². The monoisotopic (exact) mass is 153 g/mol. The first kappa shape index (κ1) is 8.34. The summed E-state index contributed by atoms with van der Waals surface area (Å²) in [5.74, 6) is 0. The van der Waals surface area contributed by atoms with Crippen LogP contribution in [0.2, 0.25) is 0 Å². The number of rotatable bonds is 3. The Balaban J connectivity index is 2.63. The summed E-state index contributed by atoms with van der Waals surface area (Å²) in [6.45, 7) is 5.99. The maximum atomic E-state index is 4.99. The van der Waals surface area contributed by atoms with Gasteiger partial charge < -0.3 is 9.30 Å². The third kappa shape index (κ3) is 1.84. The van der Waals surface area contributed by atoms with Crippen LogP contribution in [0.5, 0.6) is 0 Å². The molecule has 1 aromatic heterocycles. The Morgan fingerprint density at radius 1 is 1.45 bits per heavy atom. The molecule has 0 atom stereocenters. The molecule has 0 aliphatic carbocycles. The summed E-state index contributed by atoms with van der Waals surface area (Å²) in [7, 11) is 1.73. The zero-order chi connectivity index (χ0) is 8.27. The van der Waals surface area contributed by atoms with Gasteiger partial charge >= 0.3 is 0 Å². The highest BCUT2D eigenvalue weighted by Gasteiger charge is 1.98. The van der Waals surface area contributed by atoms with Gasteiger partial charge in [-0.2, -0.15) is 0 Å². The molecule has 2 heteroatoms. The standard InChI is InChI=1S/C9H15NO/c1-8-4-5-10(9(8)2)6-7-11-3/h4-5H,6-7H2,1-3H3. The molecule has 1 heterocycles. The molecule has 2 nitrogen and oxygen atoms in total. The van der Waals surface area contributed by atoms with Gasteiger partial charge in [0.15, 0.2) is 0 Å². The van der Waals surface area contributed by atoms with E-state index in [-0.39, 0.29) is 0 Å². The highest BCUT2D eigenvalue weighted by atomic mass is 16.5. The first-order valence-electron chi connectivity index (χ1n) is 3.87. The second-order valence-corrected chi connectivity index (χ2v) is 2.77. The van der Waals surface area contributed by atoms with Crippen LogP contribution < -0.4 is 0 Å². The van der Waals surface area contributed by atoms with Gasteiger partial charge in [-0.25, -0.2) is 0 Å². The van der Waals surface area contributed by atoms with Crippen molar-refractivity contribution < 1.29 is 4.74 Å². The smallest absolute Gasteiger partial charge is 0.0641 e. The second-order valence-electron chi connectivity index (χ2n) is 2.77. The lowest BCUT2D eigenvalue weighted by Gasteiger charge is -2.04. The van der Waals surface area contributed by atoms with Gasteiger partial charge in [-0.05, 0) is 25.5 Å². The van der Waals surface area contributed by atoms with Gasteiger partial charge in [0.05, 0.1) is 6.61 Å². The van der Waals surface area contributed by atoms with Crippen molar-refractivity contribution in [2.45, 2.75) is 20.4 Å². The third-order valence-electron chi connectivity index (χ3n) is 2.04. The molecule has 0 unspecified atom stereocenters. The number of methoxy groups -OCH3 is 1. The van der Waals surface area contributed by atoms with Crippen LogP contribution in [0, 0.1) is 13.8 Å². The van der Waals surface area contributed by atoms with Crippen molar-refractivity contribution in [2.24, 2.45) is 0 Å². The molecule has 0 fully saturated rings. The Hall–Kier alpha value is -0.760. The van der Waals surface area contributed by atoms with Gasteiger partial charge in [-0.1, -0.05) is 0 Å². The Morgan fingerprint density at radius 2 is 2.18 bits per heavy atom. The van der Waals surface area contributed by atoms with Gasteiger partial charge in [0.2, 0.25) is 0 Å². The molecule has 0 saturated heterocycles. The van der Waals surface area contributed by atoms with Gasteiger partial charge in [-0.3, -0.25) is 0 Å². The lowest BCUT2D eigenvalue weighted by molar-refractivity contribution is 0.187. The number of aryl methyl sites for hydroxylation is 1. The number of aromatic nitrogens is 1. The summed E-state index contributed by atoms with van der Waals surface area (Å²) in [5, 5.41) is 0. The molecule has 0 spiro atoms. The maximum Gasteiger partial charge on any atom is 0.0641 e. The van der Waals surface area contributed by atoms with Crippen molar-refractivity contribution in [3.8, 4) is 0 Å². The van der Waals surface area contributed by atoms with Crippen LogP contribution in [0.25, 0.3) is 0 Å². The van der Waals surface area contributed by atoms with Crippen LogP contribution in [-0.4, -0.2) is 18.3 Å². The third-order valence-corrected chi connectivity index (χ3v) is 2.04. The Bertz CT molecular complexity index is 227. The van der Waals surface area contributed by atoms with E-state index in [4.69, 9.17) is 4.74 Å². The van der Waals surface area contributed by atoms with Crippen LogP contribution in [0.15, 0.2) is 12.3 Å². The van der Waals surface area contributed by atoms with E-state index in [2.05, 4.69) is 30.7 Å². The molecule has 0 saturated carbocycles. The summed E-state index contributed by atoms with van der Waals surface area (Å²) in [5.41, 5.74) is 2.68. The Kier molecular flexibility index (Phi) is 2.71. The van der Waals surface area contributed by atoms with Crippen molar-refractivity contribution >= 4 is 0 Å². The van der Waals surface area contributed by atoms with Gasteiger partial charge in [0.25, 0.3) is 0 Å². The second kappa shape index (κ2) is 3.58. The average molecular weight is 153 g/mol. The number of hydrogen-bond acceptors (Lipinski definition) is 1. The summed E-state index contributed by atoms with van der Waals surface area (Å²) in [6, 6.07) is 2.13. The van der Waals surface area contributed by atoms with E-state index < -0.39 is 0 Å². The number of nitrogens with zero attached hydrogens (tertiary/aromatic N) is 1. The van der Waals surface area contributed by atoms with E-state index in [9.17, 15) is 0 Å². The molecular weight excluding hydrogens is 138 g/mol. The van der Waals surface area contributed by atoms with Crippen molar-refractivity contribution in [3.05, 3.63) is 23.5 Å². The molecule has 1 rings (SSSR count). The lowest BCUT2D eigenvalue weighted by Crippen LogP contribution is -2.04. The highest BCUT2D eigenvalue weighted by molar-refractivity contribution is 5.18. The number of hydrogen-bond donors (Lipinski definition) is 0. The molecule has 0 aliphatic rings. The molecule has 62 valence electrons. The van der Waals surface area contributed by atoms with Crippen molar-refractivity contribution in [2.75, 3.05) is 13.7 Å². The van der Waals surface area contributed by atoms with Gasteiger partial charge in [0, 0.05) is 25.5 Å². The fraction of sp³-hybridized carbons (Fsp3) is 0.556. The normalized spacial score (nSPS) is 10.5. The van der Waals surface area contributed by atoms with Gasteiger partial charge in [-0.15, -0.1) is 0 Å². The van der Waals surface area contributed by atoms with E-state index >= 15 is 0 Å². The minimum atomic E-state index is 0.787. The Morgan fingerprint density at radius 3 is 2.64 bits per heavy atom. The van der Waals surface area contributed by atoms with Crippen LogP contribution in [-0.2, 0) is 11.3 Å². The van der Waals surface area contributed by atoms with E-state index in [1.807, 2.05) is 0 Å². The molecule has 0 bridgehead atoms. The average Bonchev–Trinajstić information content (AvgIpc) is 2.31. The van der Waals surface area contributed by atoms with E-state index in [1.54, 1.807) is 7.11 Å². The zero-order valence-electron chi connectivity index (χ0n) is 7.42. The quantitative estimate of drug-likeness (QED) is 0.645. The van der Waals surface area contributed by atoms with Crippen molar-refractivity contribution in [1.82, 2.24) is 4.57 Å². The largest absolute Gasteiger partial charge is 0.383 e. The first-order valence-corrected chi connectivity index (χ1v) is 3.87. The summed E-state index contributed by atoms with van der Waals surface area (Å²) < 4.78 is 7.20. The molecule has 0 aromatic carbocycles. The van der Waals surface area contributed by atoms with Crippen LogP contribution in [0.3, 0.4) is 0 Å². The molecule has 0 radical (unpaired) electrons. The summed E-state index contributed by atoms with van der Waals surface area (Å²) >= 11 is 0. The van der Waals surface area contributed by atoms with Gasteiger partial charge in [0.1, 0.15) is 0 Å². The SMILES string of the molecule is COCCn1ccc(C)c1C. The fourth-order valence-electron chi connectivity index (χ4n) is 1.09. The molecule has 0 N–H and O–H groups in total. The predicted molar refractivity (Wildman–Crippen MR) is 45.8 cm³/mol. The topological polar surface area (TPSA) is 14.2 Å². The minimum Gasteiger partial charge on any atom is -0.383 e. The lowest BCUT2D eigenvalue weighted by atomic mass is 10.3. The van der Waals surface area contributed by atoms with Crippen LogP contribution in [0.1, 0.15) is 11.3 Å². The summed E-state index contributed by atoms with van der Waals surface area (Å²) in [6.07, 6.45) is 2.10. The van der Waals surface area contributed by atoms with E-state index in [0.29, 0.717) is 0 Å². The van der Waals surface area contributed by atoms with Crippen LogP contribution in [0.4, 0.5) is 0 Å². The molecule has 11 heavy (non-hydrogen) atoms. The zero-order valence-corrected chi connectivity index (χ0v) is 7.42. The maximum absolute atomic E-state index is 4.99. The fourth-order valence-corrected chi connectivity index (χ4v) is 1.09. The Labute approximate surface area is 67.8 Å². The molecule has 0 aliphatic heterocycles. The highest BCUT2D eigenvalue weighted by Crippen LogP contribution is 2.07. The van der Waals surface area contributed by atoms with E-state index in [1.165, 1.54) is 11.3 Å². The number of ether oxygens (including phenoxy) is 1. The minimum absolute atomic E-state index is 0.787. The first-order chi connectivity index (χ1) is 5.25. The predicted octanol–water partition coefficient (Wildman–Crippen LogP) is 1.75. The molecular formula is C9H15NO. The van der Waals surface area contributed by atoms with E-state index in [0.717, 1.165) is 13.2 Å². The summed E-state index contributed by atoms with van der Waals surface area (Å²) in [4.78, 5) is 0.